The van der Waals surface area contributed by atoms with Crippen molar-refractivity contribution in [2.24, 2.45) is 0 Å². The molecule has 0 aliphatic carbocycles. The number of aromatic amines is 1. The summed E-state index contributed by atoms with van der Waals surface area (Å²) in [4.78, 5) is 12.0. The molecule has 2 saturated heterocycles. The molecule has 3 N–H and O–H groups in total. The molecule has 0 radical (unpaired) electrons. The van der Waals surface area contributed by atoms with Gasteiger partial charge < -0.3 is 15.4 Å². The average Bonchev–Trinajstić information content (AvgIpc) is 3.31. The second-order valence-electron chi connectivity index (χ2n) is 8.65. The number of methoxy groups -OCH3 is 1. The monoisotopic (exact) mass is 432 g/mol. The molecule has 0 aromatic carbocycles. The molecule has 3 atom stereocenters. The van der Waals surface area contributed by atoms with Crippen LogP contribution < -0.4 is 15.4 Å². The van der Waals surface area contributed by atoms with Crippen LogP contribution in [0, 0.1) is 18.3 Å². The number of nitrogens with one attached hydrogen (secondary N) is 3. The minimum atomic E-state index is 0.329. The summed E-state index contributed by atoms with van der Waals surface area (Å²) >= 11 is 0. The van der Waals surface area contributed by atoms with Crippen LogP contribution in [0.5, 0.6) is 5.75 Å². The van der Waals surface area contributed by atoms with E-state index in [1.165, 1.54) is 12.8 Å². The minimum absolute atomic E-state index is 0.329. The van der Waals surface area contributed by atoms with Crippen LogP contribution in [-0.4, -0.2) is 56.8 Å². The lowest BCUT2D eigenvalue weighted by Gasteiger charge is -2.39. The summed E-state index contributed by atoms with van der Waals surface area (Å²) in [6, 6.07) is 9.56. The van der Waals surface area contributed by atoms with E-state index in [0.717, 1.165) is 41.8 Å². The second kappa shape index (κ2) is 8.63. The lowest BCUT2D eigenvalue weighted by molar-refractivity contribution is 0.136. The number of piperidine rings is 1. The van der Waals surface area contributed by atoms with Gasteiger partial charge in [0, 0.05) is 54.4 Å². The van der Waals surface area contributed by atoms with Crippen molar-refractivity contribution in [3.05, 3.63) is 30.1 Å². The predicted octanol–water partition coefficient (Wildman–Crippen LogP) is 3.73. The fourth-order valence-corrected chi connectivity index (χ4v) is 5.23. The third-order valence-corrected chi connectivity index (χ3v) is 6.58. The summed E-state index contributed by atoms with van der Waals surface area (Å²) < 4.78 is 5.69. The molecular weight excluding hydrogens is 404 g/mol. The first-order valence-electron chi connectivity index (χ1n) is 11.2. The van der Waals surface area contributed by atoms with Crippen LogP contribution in [0.1, 0.15) is 37.8 Å². The summed E-state index contributed by atoms with van der Waals surface area (Å²) in [5.74, 6) is 2.66. The molecule has 0 saturated carbocycles. The van der Waals surface area contributed by atoms with E-state index in [1.54, 1.807) is 13.3 Å². The Morgan fingerprint density at radius 1 is 1.28 bits per heavy atom. The van der Waals surface area contributed by atoms with Crippen LogP contribution in [0.3, 0.4) is 0 Å². The van der Waals surface area contributed by atoms with Crippen molar-refractivity contribution in [3.8, 4) is 11.8 Å². The Bertz CT molecular complexity index is 1140. The number of pyridine rings is 2. The van der Waals surface area contributed by atoms with E-state index in [9.17, 15) is 0 Å². The van der Waals surface area contributed by atoms with Crippen LogP contribution in [0.25, 0.3) is 10.9 Å². The highest BCUT2D eigenvalue weighted by Crippen LogP contribution is 2.39. The highest BCUT2D eigenvalue weighted by Gasteiger charge is 2.40. The quantitative estimate of drug-likeness (QED) is 0.517. The Balaban J connectivity index is 1.44. The fraction of sp³-hybridized carbons (Fsp3) is 0.478. The molecule has 9 heteroatoms. The highest BCUT2D eigenvalue weighted by atomic mass is 16.5. The molecule has 5 heterocycles. The molecular formula is C23H28N8O. The maximum absolute atomic E-state index is 8.99. The largest absolute Gasteiger partial charge is 0.491 e. The number of rotatable bonds is 7. The number of ether oxygens (including phenoxy) is 1. The molecule has 32 heavy (non-hydrogen) atoms. The Kier molecular flexibility index (Phi) is 5.53. The molecule has 2 bridgehead atoms. The maximum atomic E-state index is 8.99. The van der Waals surface area contributed by atoms with E-state index in [-0.39, 0.29) is 0 Å². The number of anilines is 3. The summed E-state index contributed by atoms with van der Waals surface area (Å²) in [7, 11) is 1.63. The van der Waals surface area contributed by atoms with Gasteiger partial charge in [-0.1, -0.05) is 0 Å². The van der Waals surface area contributed by atoms with Crippen molar-refractivity contribution >= 4 is 28.4 Å². The van der Waals surface area contributed by atoms with Crippen molar-refractivity contribution in [3.63, 3.8) is 0 Å². The summed E-state index contributed by atoms with van der Waals surface area (Å²) in [5.41, 5.74) is 1.72. The number of H-pyrrole nitrogens is 1. The number of fused-ring (bicyclic) bond motifs is 3. The zero-order chi connectivity index (χ0) is 22.1. The highest BCUT2D eigenvalue weighted by molar-refractivity contribution is 5.97. The first-order valence-corrected chi connectivity index (χ1v) is 11.2. The van der Waals surface area contributed by atoms with Crippen molar-refractivity contribution < 1.29 is 4.74 Å². The standard InChI is InChI=1S/C23H28N8O/c1-14-11-19(30-29-14)27-23-21(32-2)20-18(5-3-9-25-20)22(28-23)26-15-12-16-6-7-17(13-15)31(16)10-4-8-24/h3,5,9,11,15-17H,4,6-7,10,12-13H2,1-2H3,(H3,26,27,28,29,30)/t15-,16-,17+. The van der Waals surface area contributed by atoms with E-state index in [4.69, 9.17) is 15.0 Å². The zero-order valence-electron chi connectivity index (χ0n) is 18.4. The van der Waals surface area contributed by atoms with Crippen molar-refractivity contribution in [1.82, 2.24) is 25.1 Å². The van der Waals surface area contributed by atoms with E-state index in [0.29, 0.717) is 41.9 Å². The van der Waals surface area contributed by atoms with Crippen molar-refractivity contribution in [2.75, 3.05) is 24.3 Å². The Morgan fingerprint density at radius 3 is 2.78 bits per heavy atom. The van der Waals surface area contributed by atoms with Gasteiger partial charge in [0.05, 0.1) is 13.2 Å². The molecule has 9 nitrogen and oxygen atoms in total. The maximum Gasteiger partial charge on any atom is 0.188 e. The molecule has 166 valence electrons. The predicted molar refractivity (Wildman–Crippen MR) is 123 cm³/mol. The molecule has 3 aromatic heterocycles. The van der Waals surface area contributed by atoms with Gasteiger partial charge in [-0.25, -0.2) is 4.98 Å². The van der Waals surface area contributed by atoms with Crippen LogP contribution in [0.4, 0.5) is 17.5 Å². The number of aryl methyl sites for hydroxylation is 1. The third-order valence-electron chi connectivity index (χ3n) is 6.58. The number of aromatic nitrogens is 4. The molecule has 2 aliphatic rings. The zero-order valence-corrected chi connectivity index (χ0v) is 18.4. The molecule has 3 aromatic rings. The fourth-order valence-electron chi connectivity index (χ4n) is 5.23. The lowest BCUT2D eigenvalue weighted by atomic mass is 9.97. The third kappa shape index (κ3) is 3.82. The molecule has 5 rings (SSSR count). The SMILES string of the molecule is COc1c(Nc2cc(C)[nH]n2)nc(N[C@@H]2C[C@H]3CC[C@@H](C2)N3CCC#N)c2cccnc12. The number of hydrogen-bond acceptors (Lipinski definition) is 8. The van der Waals surface area contributed by atoms with Gasteiger partial charge >= 0.3 is 0 Å². The summed E-state index contributed by atoms with van der Waals surface area (Å²) in [5, 5.41) is 24.1. The lowest BCUT2D eigenvalue weighted by Crippen LogP contribution is -2.47. The number of hydrogen-bond donors (Lipinski definition) is 3. The molecule has 0 amide bonds. The molecule has 0 unspecified atom stereocenters. The second-order valence-corrected chi connectivity index (χ2v) is 8.65. The first-order chi connectivity index (χ1) is 15.7. The van der Waals surface area contributed by atoms with Crippen molar-refractivity contribution in [1.29, 1.82) is 5.26 Å². The molecule has 2 fully saturated rings. The van der Waals surface area contributed by atoms with Crippen LogP contribution in [0.15, 0.2) is 24.4 Å². The Morgan fingerprint density at radius 2 is 2.09 bits per heavy atom. The summed E-state index contributed by atoms with van der Waals surface area (Å²) in [6.45, 7) is 2.83. The van der Waals surface area contributed by atoms with Gasteiger partial charge in [-0.3, -0.25) is 15.0 Å². The van der Waals surface area contributed by atoms with Gasteiger partial charge in [-0.2, -0.15) is 10.4 Å². The molecule has 0 spiro atoms. The van der Waals surface area contributed by atoms with Gasteiger partial charge in [0.2, 0.25) is 0 Å². The van der Waals surface area contributed by atoms with E-state index in [1.807, 2.05) is 25.1 Å². The van der Waals surface area contributed by atoms with Gasteiger partial charge in [0.1, 0.15) is 11.3 Å². The summed E-state index contributed by atoms with van der Waals surface area (Å²) in [6.07, 6.45) is 6.89. The van der Waals surface area contributed by atoms with Gasteiger partial charge in [-0.15, -0.1) is 0 Å². The van der Waals surface area contributed by atoms with Crippen molar-refractivity contribution in [2.45, 2.75) is 57.2 Å². The Labute approximate surface area is 187 Å². The van der Waals surface area contributed by atoms with E-state index < -0.39 is 0 Å². The number of nitrogens with zero attached hydrogens (tertiary/aromatic N) is 5. The van der Waals surface area contributed by atoms with E-state index in [2.05, 4.69) is 36.8 Å². The minimum Gasteiger partial charge on any atom is -0.491 e. The number of nitriles is 1. The average molecular weight is 433 g/mol. The normalized spacial score (nSPS) is 22.6. The van der Waals surface area contributed by atoms with Gasteiger partial charge in [0.25, 0.3) is 0 Å². The smallest absolute Gasteiger partial charge is 0.188 e. The first kappa shape index (κ1) is 20.5. The molecule has 2 aliphatic heterocycles. The Hall–Kier alpha value is -3.38. The van der Waals surface area contributed by atoms with Crippen LogP contribution >= 0.6 is 0 Å². The van der Waals surface area contributed by atoms with Crippen LogP contribution in [-0.2, 0) is 0 Å². The van der Waals surface area contributed by atoms with Gasteiger partial charge in [-0.05, 0) is 44.7 Å². The van der Waals surface area contributed by atoms with Gasteiger partial charge in [0.15, 0.2) is 17.4 Å². The topological polar surface area (TPSA) is 115 Å². The van der Waals surface area contributed by atoms with Crippen LogP contribution in [0.2, 0.25) is 0 Å². The van der Waals surface area contributed by atoms with E-state index >= 15 is 0 Å².